The van der Waals surface area contributed by atoms with E-state index in [0.717, 1.165) is 6.42 Å². The van der Waals surface area contributed by atoms with E-state index in [0.29, 0.717) is 0 Å². The van der Waals surface area contributed by atoms with Crippen molar-refractivity contribution in [3.8, 4) is 0 Å². The van der Waals surface area contributed by atoms with Crippen molar-refractivity contribution < 1.29 is 26.2 Å². The molecule has 1 rings (SSSR count). The molecule has 0 saturated heterocycles. The molecule has 0 aromatic carbocycles. The van der Waals surface area contributed by atoms with Crippen LogP contribution in [0.15, 0.2) is 18.2 Å². The zero-order valence-electron chi connectivity index (χ0n) is 9.94. The van der Waals surface area contributed by atoms with Crippen LogP contribution < -0.4 is 0 Å². The summed E-state index contributed by atoms with van der Waals surface area (Å²) in [5, 5.41) is 0. The van der Waals surface area contributed by atoms with E-state index in [-0.39, 0.29) is 57.3 Å². The second-order valence-corrected chi connectivity index (χ2v) is 5.50. The van der Waals surface area contributed by atoms with Crippen LogP contribution in [0.5, 0.6) is 0 Å². The first-order chi connectivity index (χ1) is 4.23. The fourth-order valence-electron chi connectivity index (χ4n) is 0.340. The Hall–Kier alpha value is 0.580. The summed E-state index contributed by atoms with van der Waals surface area (Å²) in [4.78, 5) is 0. The van der Waals surface area contributed by atoms with Crippen LogP contribution in [-0.2, 0) is 26.2 Å². The topological polar surface area (TPSA) is 0 Å². The maximum atomic E-state index is 2.99. The van der Waals surface area contributed by atoms with E-state index in [4.69, 9.17) is 0 Å². The molecule has 1 aliphatic rings. The molecule has 0 saturated carbocycles. The summed E-state index contributed by atoms with van der Waals surface area (Å²) < 4.78 is 0. The summed E-state index contributed by atoms with van der Waals surface area (Å²) in [7, 11) is 0.120. The Morgan fingerprint density at radius 1 is 1.08 bits per heavy atom. The molecular weight excluding hydrogens is 251 g/mol. The first kappa shape index (κ1) is 29.2. The summed E-state index contributed by atoms with van der Waals surface area (Å²) in [6.07, 6.45) is 10.0. The summed E-state index contributed by atoms with van der Waals surface area (Å²) >= 11 is 0. The normalized spacial score (nSPS) is 9.54. The van der Waals surface area contributed by atoms with E-state index in [9.17, 15) is 0 Å². The van der Waals surface area contributed by atoms with Crippen LogP contribution in [0, 0.1) is 28.4 Å². The molecule has 0 N–H and O–H groups in total. The molecule has 0 aromatic rings. The monoisotopic (exact) mass is 273 g/mol. The summed E-state index contributed by atoms with van der Waals surface area (Å²) in [5.41, 5.74) is 0. The molecule has 0 fully saturated rings. The van der Waals surface area contributed by atoms with Gasteiger partial charge >= 0.3 is 26.2 Å². The molecule has 13 heavy (non-hydrogen) atoms. The third kappa shape index (κ3) is 45.2. The van der Waals surface area contributed by atoms with Crippen molar-refractivity contribution in [2.75, 3.05) is 0 Å². The predicted molar refractivity (Wildman–Crippen MR) is 64.2 cm³/mol. The van der Waals surface area contributed by atoms with E-state index in [1.54, 1.807) is 0 Å². The molecule has 0 aromatic heterocycles. The van der Waals surface area contributed by atoms with Gasteiger partial charge in [-0.1, -0.05) is 19.6 Å². The molecular formula is C11H23SiZr. The Morgan fingerprint density at radius 2 is 1.46 bits per heavy atom. The minimum Gasteiger partial charge on any atom is -0.358 e. The van der Waals surface area contributed by atoms with Crippen LogP contribution in [0.3, 0.4) is 0 Å². The molecule has 75 valence electrons. The summed E-state index contributed by atoms with van der Waals surface area (Å²) in [6.45, 7) is 6.81. The van der Waals surface area contributed by atoms with Gasteiger partial charge in [0.1, 0.15) is 0 Å². The van der Waals surface area contributed by atoms with Gasteiger partial charge in [-0.25, -0.2) is 12.2 Å². The summed E-state index contributed by atoms with van der Waals surface area (Å²) in [6, 6.07) is 0. The van der Waals surface area contributed by atoms with Gasteiger partial charge in [0.15, 0.2) is 0 Å². The van der Waals surface area contributed by atoms with Gasteiger partial charge in [0.25, 0.3) is 0 Å². The number of rotatable bonds is 0. The smallest absolute Gasteiger partial charge is 0.358 e. The molecule has 0 amide bonds. The van der Waals surface area contributed by atoms with Crippen molar-refractivity contribution in [2.45, 2.75) is 26.1 Å². The Labute approximate surface area is 107 Å². The molecule has 0 heterocycles. The molecule has 0 spiro atoms. The average Bonchev–Trinajstić information content (AvgIpc) is 2.11. The average molecular weight is 275 g/mol. The number of allylic oxidation sites excluding steroid dienone is 4. The fourth-order valence-corrected chi connectivity index (χ4v) is 0.340. The molecule has 0 unspecified atom stereocenters. The van der Waals surface area contributed by atoms with Crippen LogP contribution in [0.25, 0.3) is 0 Å². The van der Waals surface area contributed by atoms with Crippen molar-refractivity contribution in [3.63, 3.8) is 0 Å². The second-order valence-electron chi connectivity index (χ2n) is 2.50. The molecule has 0 aliphatic heterocycles. The van der Waals surface area contributed by atoms with Gasteiger partial charge in [-0.05, 0) is 0 Å². The van der Waals surface area contributed by atoms with E-state index >= 15 is 0 Å². The van der Waals surface area contributed by atoms with Gasteiger partial charge in [0.2, 0.25) is 0 Å². The number of hydrogen-bond acceptors (Lipinski definition) is 0. The zero-order chi connectivity index (χ0) is 7.11. The Bertz CT molecular complexity index is 93.9. The van der Waals surface area contributed by atoms with Crippen molar-refractivity contribution in [2.24, 2.45) is 0 Å². The summed E-state index contributed by atoms with van der Waals surface area (Å²) in [5.74, 6) is 0. The van der Waals surface area contributed by atoms with E-state index in [1.165, 1.54) is 0 Å². The van der Waals surface area contributed by atoms with E-state index in [2.05, 4.69) is 31.8 Å². The van der Waals surface area contributed by atoms with Crippen molar-refractivity contribution in [1.29, 1.82) is 0 Å². The first-order valence-corrected chi connectivity index (χ1v) is 6.22. The molecule has 1 radical (unpaired) electrons. The first-order valence-electron chi connectivity index (χ1n) is 3.22. The van der Waals surface area contributed by atoms with Gasteiger partial charge in [0.05, 0.1) is 0 Å². The Morgan fingerprint density at radius 3 is 1.54 bits per heavy atom. The van der Waals surface area contributed by atoms with Crippen LogP contribution in [0.4, 0.5) is 0 Å². The van der Waals surface area contributed by atoms with Crippen molar-refractivity contribution >= 4 is 8.80 Å². The minimum atomic E-state index is 0. The standard InChI is InChI=1S/C5H5.C3H9Si.3CH3.Zr/c1-2-4-5-3-1;1-4(2)3;;;;/h1-3H,4H2;1-3H3;3*1H3;/q-1;;3*-1;+4. The van der Waals surface area contributed by atoms with Gasteiger partial charge < -0.3 is 22.3 Å². The molecule has 1 aliphatic carbocycles. The van der Waals surface area contributed by atoms with E-state index in [1.807, 2.05) is 12.2 Å². The van der Waals surface area contributed by atoms with Crippen LogP contribution in [-0.4, -0.2) is 8.80 Å². The predicted octanol–water partition coefficient (Wildman–Crippen LogP) is 4.02. The number of hydrogen-bond donors (Lipinski definition) is 0. The largest absolute Gasteiger partial charge is 4.00 e. The van der Waals surface area contributed by atoms with Gasteiger partial charge in [0, 0.05) is 8.80 Å². The minimum absolute atomic E-state index is 0. The van der Waals surface area contributed by atoms with Crippen LogP contribution in [0.2, 0.25) is 19.6 Å². The molecule has 0 nitrogen and oxygen atoms in total. The van der Waals surface area contributed by atoms with Crippen molar-refractivity contribution in [1.82, 2.24) is 0 Å². The zero-order valence-corrected chi connectivity index (χ0v) is 13.4. The van der Waals surface area contributed by atoms with Gasteiger partial charge in [-0.15, -0.1) is 6.42 Å². The third-order valence-electron chi connectivity index (χ3n) is 0.586. The third-order valence-corrected chi connectivity index (χ3v) is 0.586. The van der Waals surface area contributed by atoms with Crippen LogP contribution >= 0.6 is 0 Å². The fraction of sp³-hybridized carbons (Fsp3) is 0.364. The Balaban J connectivity index is -0.0000000256. The van der Waals surface area contributed by atoms with Gasteiger partial charge in [-0.3, -0.25) is 6.08 Å². The van der Waals surface area contributed by atoms with Crippen molar-refractivity contribution in [3.05, 3.63) is 46.6 Å². The second kappa shape index (κ2) is 22.9. The van der Waals surface area contributed by atoms with E-state index < -0.39 is 0 Å². The maximum Gasteiger partial charge on any atom is 4.00 e. The quantitative estimate of drug-likeness (QED) is 0.462. The van der Waals surface area contributed by atoms with Crippen LogP contribution in [0.1, 0.15) is 6.42 Å². The molecule has 2 heteroatoms. The Kier molecular flexibility index (Phi) is 51.5. The van der Waals surface area contributed by atoms with Gasteiger partial charge in [-0.2, -0.15) is 6.08 Å². The SMILES string of the molecule is C[Si](C)C.[C-]1=CC=CC1.[CH3-].[CH3-].[CH3-].[Zr+4]. The maximum absolute atomic E-state index is 2.99. The molecule has 0 bridgehead atoms. The molecule has 0 atom stereocenters.